The first kappa shape index (κ1) is 16.7. The van der Waals surface area contributed by atoms with Crippen LogP contribution in [-0.4, -0.2) is 41.7 Å². The summed E-state index contributed by atoms with van der Waals surface area (Å²) in [7, 11) is 1.49. The number of carbonyl (C=O) groups is 1. The molecule has 1 aliphatic heterocycles. The van der Waals surface area contributed by atoms with Gasteiger partial charge in [0.05, 0.1) is 25.5 Å². The molecule has 1 aliphatic rings. The lowest BCUT2D eigenvalue weighted by atomic mass is 10.1. The Morgan fingerprint density at radius 2 is 2.12 bits per heavy atom. The lowest BCUT2D eigenvalue weighted by molar-refractivity contribution is 0.102. The molecule has 1 amide bonds. The molecule has 1 aromatic heterocycles. The van der Waals surface area contributed by atoms with Gasteiger partial charge in [-0.3, -0.25) is 4.79 Å². The van der Waals surface area contributed by atoms with Crippen LogP contribution < -0.4 is 15.8 Å². The molecule has 8 nitrogen and oxygen atoms in total. The molecule has 130 valence electrons. The molecule has 2 heterocycles. The second-order valence-electron chi connectivity index (χ2n) is 5.57. The van der Waals surface area contributed by atoms with Crippen LogP contribution in [0.15, 0.2) is 41.7 Å². The fourth-order valence-electron chi connectivity index (χ4n) is 2.41. The number of nitrogens with one attached hydrogen (secondary N) is 1. The maximum absolute atomic E-state index is 12.1. The largest absolute Gasteiger partial charge is 0.480 e. The minimum Gasteiger partial charge on any atom is -0.480 e. The van der Waals surface area contributed by atoms with E-state index in [0.29, 0.717) is 18.2 Å². The number of nitrogens with zero attached hydrogens (tertiary/aromatic N) is 3. The van der Waals surface area contributed by atoms with Crippen LogP contribution in [0.3, 0.4) is 0 Å². The minimum absolute atomic E-state index is 0.119. The normalized spacial score (nSPS) is 16.0. The summed E-state index contributed by atoms with van der Waals surface area (Å²) in [6, 6.07) is 8.04. The molecule has 1 atom stereocenters. The van der Waals surface area contributed by atoms with Gasteiger partial charge in [0.2, 0.25) is 5.88 Å². The number of amides is 1. The van der Waals surface area contributed by atoms with Crippen molar-refractivity contribution in [1.82, 2.24) is 9.97 Å². The van der Waals surface area contributed by atoms with Crippen molar-refractivity contribution in [2.24, 2.45) is 10.7 Å². The Morgan fingerprint density at radius 1 is 1.32 bits per heavy atom. The number of ether oxygens (including phenoxy) is 2. The number of amidine groups is 1. The maximum atomic E-state index is 12.1. The zero-order valence-electron chi connectivity index (χ0n) is 13.8. The van der Waals surface area contributed by atoms with E-state index in [1.807, 2.05) is 24.3 Å². The van der Waals surface area contributed by atoms with E-state index in [2.05, 4.69) is 20.3 Å². The van der Waals surface area contributed by atoms with Gasteiger partial charge in [0.15, 0.2) is 0 Å². The Balaban J connectivity index is 1.53. The van der Waals surface area contributed by atoms with Crippen molar-refractivity contribution in [3.63, 3.8) is 0 Å². The second-order valence-corrected chi connectivity index (χ2v) is 5.57. The Morgan fingerprint density at radius 3 is 2.72 bits per heavy atom. The Kier molecular flexibility index (Phi) is 5.08. The molecule has 0 bridgehead atoms. The number of methoxy groups -OCH3 is 1. The Hall–Kier alpha value is -3.16. The number of benzene rings is 1. The van der Waals surface area contributed by atoms with Crippen LogP contribution in [0.2, 0.25) is 0 Å². The van der Waals surface area contributed by atoms with E-state index in [4.69, 9.17) is 15.2 Å². The van der Waals surface area contributed by atoms with E-state index < -0.39 is 0 Å². The third-order valence-electron chi connectivity index (χ3n) is 3.78. The van der Waals surface area contributed by atoms with Crippen LogP contribution in [0, 0.1) is 0 Å². The SMILES string of the molecule is COc1cnc(C(=O)Nc2ccc(CCC3COC(N)=N3)cc2)cn1. The Labute approximate surface area is 145 Å². The van der Waals surface area contributed by atoms with Crippen LogP contribution in [0.4, 0.5) is 5.69 Å². The van der Waals surface area contributed by atoms with Crippen LogP contribution in [0.5, 0.6) is 5.88 Å². The highest BCUT2D eigenvalue weighted by molar-refractivity contribution is 6.02. The van der Waals surface area contributed by atoms with E-state index in [1.165, 1.54) is 19.5 Å². The molecule has 0 saturated heterocycles. The van der Waals surface area contributed by atoms with Gasteiger partial charge in [-0.2, -0.15) is 0 Å². The van der Waals surface area contributed by atoms with Crippen LogP contribution in [-0.2, 0) is 11.2 Å². The predicted octanol–water partition coefficient (Wildman–Crippen LogP) is 1.38. The number of aliphatic imine (C=N–C) groups is 1. The summed E-state index contributed by atoms with van der Waals surface area (Å²) in [5.41, 5.74) is 7.57. The second kappa shape index (κ2) is 7.61. The van der Waals surface area contributed by atoms with Gasteiger partial charge in [-0.1, -0.05) is 12.1 Å². The van der Waals surface area contributed by atoms with Crippen LogP contribution >= 0.6 is 0 Å². The van der Waals surface area contributed by atoms with Gasteiger partial charge in [-0.15, -0.1) is 0 Å². The highest BCUT2D eigenvalue weighted by Crippen LogP contribution is 2.15. The highest BCUT2D eigenvalue weighted by atomic mass is 16.5. The monoisotopic (exact) mass is 341 g/mol. The van der Waals surface area contributed by atoms with Gasteiger partial charge in [-0.25, -0.2) is 15.0 Å². The molecule has 0 fully saturated rings. The topological polar surface area (TPSA) is 112 Å². The fourth-order valence-corrected chi connectivity index (χ4v) is 2.41. The predicted molar refractivity (Wildman–Crippen MR) is 92.7 cm³/mol. The Bertz CT molecular complexity index is 759. The number of anilines is 1. The fraction of sp³-hybridized carbons (Fsp3) is 0.294. The number of rotatable bonds is 6. The number of aromatic nitrogens is 2. The molecule has 8 heteroatoms. The number of nitrogens with two attached hydrogens (primary N) is 1. The van der Waals surface area contributed by atoms with E-state index in [-0.39, 0.29) is 23.7 Å². The van der Waals surface area contributed by atoms with Gasteiger partial charge < -0.3 is 20.5 Å². The molecule has 25 heavy (non-hydrogen) atoms. The molecule has 0 radical (unpaired) electrons. The smallest absolute Gasteiger partial charge is 0.282 e. The van der Waals surface area contributed by atoms with Gasteiger partial charge in [0.25, 0.3) is 11.9 Å². The van der Waals surface area contributed by atoms with Crippen molar-refractivity contribution < 1.29 is 14.3 Å². The van der Waals surface area contributed by atoms with Crippen molar-refractivity contribution in [2.75, 3.05) is 19.0 Å². The van der Waals surface area contributed by atoms with Crippen molar-refractivity contribution in [3.05, 3.63) is 47.9 Å². The molecule has 0 saturated carbocycles. The summed E-state index contributed by atoms with van der Waals surface area (Å²) in [4.78, 5) is 24.3. The molecule has 1 unspecified atom stereocenters. The lowest BCUT2D eigenvalue weighted by Gasteiger charge is -2.08. The molecule has 3 rings (SSSR count). The van der Waals surface area contributed by atoms with Gasteiger partial charge in [0.1, 0.15) is 12.3 Å². The average Bonchev–Trinajstić information content (AvgIpc) is 3.06. The van der Waals surface area contributed by atoms with E-state index in [0.717, 1.165) is 18.4 Å². The van der Waals surface area contributed by atoms with E-state index in [9.17, 15) is 4.79 Å². The molecular formula is C17H19N5O3. The summed E-state index contributed by atoms with van der Waals surface area (Å²) >= 11 is 0. The van der Waals surface area contributed by atoms with Crippen molar-refractivity contribution in [3.8, 4) is 5.88 Å². The zero-order chi connectivity index (χ0) is 17.6. The summed E-state index contributed by atoms with van der Waals surface area (Å²) in [6.07, 6.45) is 4.51. The molecule has 1 aromatic carbocycles. The summed E-state index contributed by atoms with van der Waals surface area (Å²) in [5.74, 6) is 0.0375. The highest BCUT2D eigenvalue weighted by Gasteiger charge is 2.16. The average molecular weight is 341 g/mol. The molecule has 0 aliphatic carbocycles. The third-order valence-corrected chi connectivity index (χ3v) is 3.78. The zero-order valence-corrected chi connectivity index (χ0v) is 13.8. The first-order valence-corrected chi connectivity index (χ1v) is 7.86. The van der Waals surface area contributed by atoms with E-state index in [1.54, 1.807) is 0 Å². The summed E-state index contributed by atoms with van der Waals surface area (Å²) in [6.45, 7) is 0.545. The molecular weight excluding hydrogens is 322 g/mol. The van der Waals surface area contributed by atoms with Gasteiger partial charge in [0, 0.05) is 5.69 Å². The number of carbonyl (C=O) groups excluding carboxylic acids is 1. The molecule has 2 aromatic rings. The summed E-state index contributed by atoms with van der Waals surface area (Å²) in [5, 5.41) is 2.79. The third kappa shape index (κ3) is 4.43. The number of aryl methyl sites for hydroxylation is 1. The molecule has 0 spiro atoms. The maximum Gasteiger partial charge on any atom is 0.282 e. The molecule has 3 N–H and O–H groups in total. The van der Waals surface area contributed by atoms with Gasteiger partial charge in [-0.05, 0) is 30.5 Å². The lowest BCUT2D eigenvalue weighted by Crippen LogP contribution is -2.14. The van der Waals surface area contributed by atoms with Gasteiger partial charge >= 0.3 is 0 Å². The first-order valence-electron chi connectivity index (χ1n) is 7.86. The first-order chi connectivity index (χ1) is 12.1. The standard InChI is InChI=1S/C17H19N5O3/c1-24-15-9-19-14(8-20-15)16(23)21-12-5-2-11(3-6-12)4-7-13-10-25-17(18)22-13/h2-3,5-6,8-9,13H,4,7,10H2,1H3,(H2,18,22)(H,21,23). The van der Waals surface area contributed by atoms with E-state index >= 15 is 0 Å². The van der Waals surface area contributed by atoms with Crippen LogP contribution in [0.1, 0.15) is 22.5 Å². The van der Waals surface area contributed by atoms with Crippen molar-refractivity contribution in [1.29, 1.82) is 0 Å². The summed E-state index contributed by atoms with van der Waals surface area (Å²) < 4.78 is 10.1. The van der Waals surface area contributed by atoms with Crippen LogP contribution in [0.25, 0.3) is 0 Å². The van der Waals surface area contributed by atoms with Crippen molar-refractivity contribution in [2.45, 2.75) is 18.9 Å². The quantitative estimate of drug-likeness (QED) is 0.821. The number of hydrogen-bond acceptors (Lipinski definition) is 7. The minimum atomic E-state index is -0.323. The number of hydrogen-bond donors (Lipinski definition) is 2. The van der Waals surface area contributed by atoms with Crippen molar-refractivity contribution >= 4 is 17.6 Å².